The molecular formula is C38H39FN6O5. The first kappa shape index (κ1) is 31.2. The third-order valence-electron chi connectivity index (χ3n) is 11.7. The van der Waals surface area contributed by atoms with E-state index in [-0.39, 0.29) is 65.5 Å². The number of phenols is 1. The van der Waals surface area contributed by atoms with E-state index in [1.165, 1.54) is 0 Å². The summed E-state index contributed by atoms with van der Waals surface area (Å²) >= 11 is 0. The SMILES string of the molecule is O=C1CC(CC(=O)N2C3CCC2CN(c2nc(OCC45CCCN4CCC5)nc4c(F)c(-c5cc(O)cc6ccccc56)ccc24)C3)C(=O)N1. The van der Waals surface area contributed by atoms with Crippen molar-refractivity contribution in [3.05, 3.63) is 54.3 Å². The number of carbonyl (C=O) groups excluding carboxylic acids is 3. The van der Waals surface area contributed by atoms with E-state index in [0.29, 0.717) is 42.0 Å². The fraction of sp³-hybridized carbons (Fsp3) is 0.447. The number of benzene rings is 3. The van der Waals surface area contributed by atoms with Gasteiger partial charge >= 0.3 is 6.01 Å². The van der Waals surface area contributed by atoms with E-state index in [9.17, 15) is 19.5 Å². The number of aromatic hydroxyl groups is 1. The van der Waals surface area contributed by atoms with E-state index < -0.39 is 11.7 Å². The normalized spacial score (nSPS) is 24.4. The maximum Gasteiger partial charge on any atom is 0.319 e. The quantitative estimate of drug-likeness (QED) is 0.271. The van der Waals surface area contributed by atoms with Crippen molar-refractivity contribution in [2.75, 3.05) is 37.7 Å². The lowest BCUT2D eigenvalue weighted by Gasteiger charge is -2.42. The van der Waals surface area contributed by atoms with Crippen molar-refractivity contribution in [2.24, 2.45) is 5.92 Å². The number of nitrogens with one attached hydrogen (secondary N) is 1. The number of halogens is 1. The Hall–Kier alpha value is -4.84. The predicted octanol–water partition coefficient (Wildman–Crippen LogP) is 4.53. The number of fused-ring (bicyclic) bond motifs is 5. The van der Waals surface area contributed by atoms with E-state index in [4.69, 9.17) is 14.7 Å². The van der Waals surface area contributed by atoms with Crippen LogP contribution in [0.25, 0.3) is 32.8 Å². The van der Waals surface area contributed by atoms with Crippen molar-refractivity contribution in [3.63, 3.8) is 0 Å². The Morgan fingerprint density at radius 1 is 0.980 bits per heavy atom. The number of imide groups is 1. The summed E-state index contributed by atoms with van der Waals surface area (Å²) in [5.41, 5.74) is 0.980. The number of nitrogens with zero attached hydrogens (tertiary/aromatic N) is 5. The molecule has 0 radical (unpaired) electrons. The lowest BCUT2D eigenvalue weighted by molar-refractivity contribution is -0.138. The zero-order valence-electron chi connectivity index (χ0n) is 27.7. The molecule has 258 valence electrons. The van der Waals surface area contributed by atoms with Gasteiger partial charge in [-0.2, -0.15) is 9.97 Å². The summed E-state index contributed by atoms with van der Waals surface area (Å²) in [5, 5.41) is 15.0. The van der Waals surface area contributed by atoms with E-state index in [1.54, 1.807) is 18.2 Å². The lowest BCUT2D eigenvalue weighted by atomic mass is 9.95. The molecule has 50 heavy (non-hydrogen) atoms. The molecule has 11 nitrogen and oxygen atoms in total. The Morgan fingerprint density at radius 2 is 1.74 bits per heavy atom. The molecule has 5 saturated heterocycles. The van der Waals surface area contributed by atoms with Gasteiger partial charge in [-0.15, -0.1) is 0 Å². The van der Waals surface area contributed by atoms with Gasteiger partial charge in [0.05, 0.1) is 11.5 Å². The van der Waals surface area contributed by atoms with Crippen LogP contribution < -0.4 is 15.0 Å². The molecule has 3 unspecified atom stereocenters. The van der Waals surface area contributed by atoms with Gasteiger partial charge in [0.25, 0.3) is 0 Å². The predicted molar refractivity (Wildman–Crippen MR) is 184 cm³/mol. The van der Waals surface area contributed by atoms with Crippen molar-refractivity contribution < 1.29 is 28.6 Å². The second-order valence-electron chi connectivity index (χ2n) is 14.7. The molecule has 9 rings (SSSR count). The van der Waals surface area contributed by atoms with Crippen LogP contribution in [0.15, 0.2) is 48.5 Å². The number of carbonyl (C=O) groups is 3. The van der Waals surface area contributed by atoms with Gasteiger partial charge in [0.2, 0.25) is 17.7 Å². The first-order valence-corrected chi connectivity index (χ1v) is 17.8. The Labute approximate surface area is 288 Å². The van der Waals surface area contributed by atoms with Gasteiger partial charge in [0.1, 0.15) is 23.7 Å². The van der Waals surface area contributed by atoms with E-state index in [2.05, 4.69) is 15.1 Å². The third-order valence-corrected chi connectivity index (χ3v) is 11.7. The van der Waals surface area contributed by atoms with Crippen LogP contribution in [0.1, 0.15) is 51.4 Å². The zero-order valence-corrected chi connectivity index (χ0v) is 27.7. The van der Waals surface area contributed by atoms with Crippen LogP contribution in [0.4, 0.5) is 10.2 Å². The Morgan fingerprint density at radius 3 is 2.48 bits per heavy atom. The van der Waals surface area contributed by atoms with Crippen molar-refractivity contribution >= 4 is 45.2 Å². The van der Waals surface area contributed by atoms with Crippen LogP contribution >= 0.6 is 0 Å². The molecule has 2 N–H and O–H groups in total. The van der Waals surface area contributed by atoms with E-state index >= 15 is 4.39 Å². The molecule has 4 aromatic rings. The summed E-state index contributed by atoms with van der Waals surface area (Å²) < 4.78 is 23.3. The van der Waals surface area contributed by atoms with Crippen molar-refractivity contribution in [1.82, 2.24) is 25.1 Å². The maximum atomic E-state index is 16.9. The Kier molecular flexibility index (Phi) is 7.41. The largest absolute Gasteiger partial charge is 0.508 e. The van der Waals surface area contributed by atoms with Crippen LogP contribution in [-0.2, 0) is 14.4 Å². The molecule has 12 heteroatoms. The summed E-state index contributed by atoms with van der Waals surface area (Å²) in [6.45, 7) is 3.51. The number of hydrogen-bond acceptors (Lipinski definition) is 9. The van der Waals surface area contributed by atoms with Gasteiger partial charge in [-0.25, -0.2) is 4.39 Å². The molecular weight excluding hydrogens is 639 g/mol. The number of piperazine rings is 1. The molecule has 5 aliphatic heterocycles. The van der Waals surface area contributed by atoms with Gasteiger partial charge in [0, 0.05) is 49.0 Å². The van der Waals surface area contributed by atoms with Gasteiger partial charge in [0.15, 0.2) is 5.82 Å². The third kappa shape index (κ3) is 5.14. The summed E-state index contributed by atoms with van der Waals surface area (Å²) in [5.74, 6) is -1.38. The van der Waals surface area contributed by atoms with Crippen molar-refractivity contribution in [3.8, 4) is 22.9 Å². The van der Waals surface area contributed by atoms with Crippen molar-refractivity contribution in [1.29, 1.82) is 0 Å². The van der Waals surface area contributed by atoms with Gasteiger partial charge in [-0.3, -0.25) is 24.6 Å². The van der Waals surface area contributed by atoms with Crippen LogP contribution in [-0.4, -0.2) is 93.0 Å². The zero-order chi connectivity index (χ0) is 34.1. The van der Waals surface area contributed by atoms with Crippen LogP contribution in [0.5, 0.6) is 11.8 Å². The highest BCUT2D eigenvalue weighted by Crippen LogP contribution is 2.42. The van der Waals surface area contributed by atoms with Gasteiger partial charge in [-0.05, 0) is 86.1 Å². The van der Waals surface area contributed by atoms with Gasteiger partial charge in [-0.1, -0.05) is 30.3 Å². The highest BCUT2D eigenvalue weighted by molar-refractivity contribution is 6.05. The average molecular weight is 679 g/mol. The summed E-state index contributed by atoms with van der Waals surface area (Å²) in [4.78, 5) is 53.6. The fourth-order valence-electron chi connectivity index (χ4n) is 9.39. The maximum absolute atomic E-state index is 16.9. The first-order chi connectivity index (χ1) is 24.3. The molecule has 6 heterocycles. The molecule has 5 fully saturated rings. The first-order valence-electron chi connectivity index (χ1n) is 17.8. The number of anilines is 1. The second-order valence-corrected chi connectivity index (χ2v) is 14.7. The minimum absolute atomic E-state index is 0.00940. The van der Waals surface area contributed by atoms with Crippen LogP contribution in [0.2, 0.25) is 0 Å². The Bertz CT molecular complexity index is 2050. The molecule has 3 amide bonds. The highest BCUT2D eigenvalue weighted by Gasteiger charge is 2.46. The van der Waals surface area contributed by atoms with Crippen LogP contribution in [0, 0.1) is 11.7 Å². The van der Waals surface area contributed by atoms with Crippen LogP contribution in [0.3, 0.4) is 0 Å². The topological polar surface area (TPSA) is 128 Å². The van der Waals surface area contributed by atoms with E-state index in [1.807, 2.05) is 35.2 Å². The average Bonchev–Trinajstić information content (AvgIpc) is 3.84. The highest BCUT2D eigenvalue weighted by atomic mass is 19.1. The minimum atomic E-state index is -0.631. The summed E-state index contributed by atoms with van der Waals surface area (Å²) in [6, 6.07) is 14.3. The number of hydrogen-bond donors (Lipinski definition) is 2. The minimum Gasteiger partial charge on any atom is -0.508 e. The Balaban J connectivity index is 1.08. The standard InChI is InChI=1S/C38H39FN6O5/c39-33-28(30-18-26(46)15-22-5-1-2-6-27(22)30)9-10-29-34(33)41-37(50-21-38-11-3-13-44(38)14-4-12-38)42-35(29)43-19-24-7-8-25(20-43)45(24)32(48)17-23-16-31(47)40-36(23)49/h1-2,5-6,9-10,15,18,23-25,46H,3-4,7-8,11-14,16-17,19-21H2,(H,40,47,49). The van der Waals surface area contributed by atoms with Crippen molar-refractivity contribution in [2.45, 2.75) is 69.0 Å². The lowest BCUT2D eigenvalue weighted by Crippen LogP contribution is -2.56. The fourth-order valence-corrected chi connectivity index (χ4v) is 9.39. The number of amides is 3. The number of phenolic OH excluding ortho intramolecular Hbond substituents is 1. The molecule has 2 bridgehead atoms. The molecule has 3 aromatic carbocycles. The number of aromatic nitrogens is 2. The summed E-state index contributed by atoms with van der Waals surface area (Å²) in [6.07, 6.45) is 6.00. The smallest absolute Gasteiger partial charge is 0.319 e. The molecule has 1 aromatic heterocycles. The van der Waals surface area contributed by atoms with Gasteiger partial charge < -0.3 is 19.6 Å². The second kappa shape index (κ2) is 11.9. The molecule has 3 atom stereocenters. The molecule has 0 saturated carbocycles. The van der Waals surface area contributed by atoms with E-state index in [0.717, 1.165) is 62.4 Å². The number of ether oxygens (including phenoxy) is 1. The monoisotopic (exact) mass is 678 g/mol. The summed E-state index contributed by atoms with van der Waals surface area (Å²) in [7, 11) is 0. The number of rotatable bonds is 7. The molecule has 0 spiro atoms. The molecule has 5 aliphatic rings. The molecule has 0 aliphatic carbocycles.